The van der Waals surface area contributed by atoms with E-state index in [1.54, 1.807) is 133 Å². The Balaban J connectivity index is 1.16. The molecule has 10 atom stereocenters. The summed E-state index contributed by atoms with van der Waals surface area (Å²) in [5, 5.41) is 12.6. The summed E-state index contributed by atoms with van der Waals surface area (Å²) < 4.78 is 68.9. The Morgan fingerprint density at radius 1 is 0.390 bits per heavy atom. The van der Waals surface area contributed by atoms with Gasteiger partial charge in [0.2, 0.25) is 12.4 Å². The summed E-state index contributed by atoms with van der Waals surface area (Å²) >= 11 is 5.87. The highest BCUT2D eigenvalue weighted by atomic mass is 35.5. The molecule has 18 nitrogen and oxygen atoms in total. The molecule has 0 unspecified atom stereocenters. The lowest BCUT2D eigenvalue weighted by molar-refractivity contribution is -0.349. The van der Waals surface area contributed by atoms with Crippen molar-refractivity contribution >= 4 is 47.4 Å². The highest BCUT2D eigenvalue weighted by molar-refractivity contribution is 6.17. The van der Waals surface area contributed by atoms with Crippen LogP contribution in [0.5, 0.6) is 11.5 Å². The first-order valence-corrected chi connectivity index (χ1v) is 26.6. The molecule has 2 heterocycles. The zero-order valence-corrected chi connectivity index (χ0v) is 44.5. The molecular formula is C63H55ClO18. The lowest BCUT2D eigenvalue weighted by Gasteiger charge is -2.48. The molecule has 0 bridgehead atoms. The van der Waals surface area contributed by atoms with Gasteiger partial charge in [0.05, 0.1) is 40.0 Å². The molecule has 422 valence electrons. The summed E-state index contributed by atoms with van der Waals surface area (Å²) in [5.74, 6) is -4.45. The summed E-state index contributed by atoms with van der Waals surface area (Å²) in [4.78, 5) is 84.4. The van der Waals surface area contributed by atoms with Crippen LogP contribution in [-0.4, -0.2) is 128 Å². The third-order valence-corrected chi connectivity index (χ3v) is 13.2. The average molecular weight is 1140 g/mol. The standard InChI is InChI=1S/C63H55ClO18/c64-36-19-37-72-46-32-34-47(35-33-46)75-63-55(81-61(71)45-30-17-6-18-31-45)54(80-60(70)44-28-15-5-16-29-44)52(49(77-63)39-74-57(67)41-22-9-2-10-23-41)82-62-53(79-59(69)43-26-13-4-14-27-43)50(65)51(78-58(68)42-24-11-3-12-25-42)48(76-62)38-73-56(66)40-20-7-1-8-21-40/h1-18,20-35,48-55,62-63,65H,19,36-39H2/t48-,49-,50+,51+,52-,53-,54+,55-,62+,63-/m1/s1. The van der Waals surface area contributed by atoms with Crippen LogP contribution < -0.4 is 9.47 Å². The SMILES string of the molecule is O=C(OC[C@H]1O[C@@H](O[C@H]2[C@H](OC(=O)c3ccccc3)[C@@H](OC(=O)c3ccccc3)[C@H](Oc3ccc(OCCCCl)cc3)O[C@@H]2COC(=O)c2ccccc2)[C@H](OC(=O)c2ccccc2)[C@@H](O)[C@H]1OC(=O)c1ccccc1)c1ccccc1. The molecule has 0 amide bonds. The topological polar surface area (TPSA) is 224 Å². The van der Waals surface area contributed by atoms with Gasteiger partial charge in [-0.05, 0) is 103 Å². The number of alkyl halides is 1. The first-order chi connectivity index (χ1) is 40.0. The number of aliphatic hydroxyl groups is 1. The Morgan fingerprint density at radius 3 is 1.15 bits per heavy atom. The second-order valence-corrected chi connectivity index (χ2v) is 18.9. The number of aliphatic hydroxyl groups excluding tert-OH is 1. The quantitative estimate of drug-likeness (QED) is 0.0289. The number of rotatable bonds is 22. The van der Waals surface area contributed by atoms with Crippen molar-refractivity contribution in [3.8, 4) is 11.5 Å². The predicted molar refractivity (Wildman–Crippen MR) is 292 cm³/mol. The lowest BCUT2D eigenvalue weighted by Crippen LogP contribution is -2.67. The van der Waals surface area contributed by atoms with Crippen molar-refractivity contribution in [1.82, 2.24) is 0 Å². The number of carbonyl (C=O) groups excluding carboxylic acids is 6. The molecule has 0 spiro atoms. The van der Waals surface area contributed by atoms with E-state index in [9.17, 15) is 33.9 Å². The largest absolute Gasteiger partial charge is 0.494 e. The highest BCUT2D eigenvalue weighted by Gasteiger charge is 2.57. The predicted octanol–water partition coefficient (Wildman–Crippen LogP) is 8.89. The monoisotopic (exact) mass is 1130 g/mol. The Hall–Kier alpha value is -8.91. The Kier molecular flexibility index (Phi) is 20.1. The average Bonchev–Trinajstić information content (AvgIpc) is 3.72. The van der Waals surface area contributed by atoms with Crippen molar-refractivity contribution in [3.63, 3.8) is 0 Å². The lowest BCUT2D eigenvalue weighted by atomic mass is 9.95. The third kappa shape index (κ3) is 15.1. The molecule has 2 aliphatic rings. The van der Waals surface area contributed by atoms with Gasteiger partial charge >= 0.3 is 35.8 Å². The van der Waals surface area contributed by atoms with Gasteiger partial charge in [0.1, 0.15) is 49.1 Å². The minimum absolute atomic E-state index is 0.0225. The van der Waals surface area contributed by atoms with Gasteiger partial charge in [0.15, 0.2) is 24.6 Å². The third-order valence-electron chi connectivity index (χ3n) is 12.9. The van der Waals surface area contributed by atoms with E-state index in [1.807, 2.05) is 0 Å². The van der Waals surface area contributed by atoms with Gasteiger partial charge < -0.3 is 57.2 Å². The Bertz CT molecular complexity index is 3190. The van der Waals surface area contributed by atoms with E-state index in [0.29, 0.717) is 24.7 Å². The molecule has 0 aliphatic carbocycles. The van der Waals surface area contributed by atoms with Crippen LogP contribution in [0.25, 0.3) is 0 Å². The normalized spacial score (nSPS) is 22.0. The molecule has 19 heteroatoms. The first kappa shape index (κ1) is 57.8. The van der Waals surface area contributed by atoms with E-state index in [4.69, 9.17) is 63.7 Å². The molecule has 82 heavy (non-hydrogen) atoms. The van der Waals surface area contributed by atoms with Gasteiger partial charge in [-0.1, -0.05) is 109 Å². The minimum Gasteiger partial charge on any atom is -0.494 e. The van der Waals surface area contributed by atoms with Crippen LogP contribution in [0.2, 0.25) is 0 Å². The van der Waals surface area contributed by atoms with Crippen LogP contribution in [0.15, 0.2) is 206 Å². The van der Waals surface area contributed by atoms with Gasteiger partial charge in [-0.2, -0.15) is 0 Å². The molecule has 1 N–H and O–H groups in total. The van der Waals surface area contributed by atoms with E-state index in [1.165, 1.54) is 72.8 Å². The van der Waals surface area contributed by atoms with Crippen molar-refractivity contribution < 1.29 is 86.0 Å². The van der Waals surface area contributed by atoms with Gasteiger partial charge in [0.25, 0.3) is 0 Å². The maximum absolute atomic E-state index is 14.6. The van der Waals surface area contributed by atoms with Gasteiger partial charge in [-0.3, -0.25) is 0 Å². The summed E-state index contributed by atoms with van der Waals surface area (Å²) in [5.41, 5.74) is 0.496. The van der Waals surface area contributed by atoms with Crippen molar-refractivity contribution in [2.45, 2.75) is 67.8 Å². The number of hydrogen-bond donors (Lipinski definition) is 1. The van der Waals surface area contributed by atoms with Crippen LogP contribution >= 0.6 is 11.6 Å². The number of ether oxygens (including phenoxy) is 11. The molecule has 2 aliphatic heterocycles. The van der Waals surface area contributed by atoms with E-state index >= 15 is 0 Å². The van der Waals surface area contributed by atoms with E-state index < -0.39 is 110 Å². The number of hydrogen-bond acceptors (Lipinski definition) is 18. The van der Waals surface area contributed by atoms with Gasteiger partial charge in [-0.15, -0.1) is 11.6 Å². The highest BCUT2D eigenvalue weighted by Crippen LogP contribution is 2.37. The molecule has 7 aromatic rings. The summed E-state index contributed by atoms with van der Waals surface area (Å²) in [6.45, 7) is -1.06. The molecule has 0 saturated carbocycles. The molecule has 2 saturated heterocycles. The van der Waals surface area contributed by atoms with E-state index in [2.05, 4.69) is 0 Å². The van der Waals surface area contributed by atoms with Crippen LogP contribution in [0, 0.1) is 0 Å². The number of esters is 6. The fourth-order valence-electron chi connectivity index (χ4n) is 8.78. The molecule has 9 rings (SSSR count). The van der Waals surface area contributed by atoms with Crippen LogP contribution in [0.4, 0.5) is 0 Å². The second kappa shape index (κ2) is 28.5. The van der Waals surface area contributed by atoms with Gasteiger partial charge in [-0.25, -0.2) is 28.8 Å². The van der Waals surface area contributed by atoms with Crippen molar-refractivity contribution in [1.29, 1.82) is 0 Å². The number of halogens is 1. The summed E-state index contributed by atoms with van der Waals surface area (Å²) in [6, 6.07) is 53.5. The Labute approximate surface area is 476 Å². The first-order valence-electron chi connectivity index (χ1n) is 26.1. The van der Waals surface area contributed by atoms with Gasteiger partial charge in [0, 0.05) is 5.88 Å². The molecular weight excluding hydrogens is 1080 g/mol. The van der Waals surface area contributed by atoms with Crippen molar-refractivity contribution in [2.75, 3.05) is 25.7 Å². The van der Waals surface area contributed by atoms with Crippen LogP contribution in [0.1, 0.15) is 68.6 Å². The summed E-state index contributed by atoms with van der Waals surface area (Å²) in [6.07, 6.45) is -17.5. The second-order valence-electron chi connectivity index (χ2n) is 18.5. The number of carbonyl (C=O) groups is 6. The van der Waals surface area contributed by atoms with E-state index in [0.717, 1.165) is 0 Å². The molecule has 0 aromatic heterocycles. The molecule has 2 fully saturated rings. The smallest absolute Gasteiger partial charge is 0.338 e. The molecule has 7 aromatic carbocycles. The Morgan fingerprint density at radius 2 is 0.732 bits per heavy atom. The summed E-state index contributed by atoms with van der Waals surface area (Å²) in [7, 11) is 0. The van der Waals surface area contributed by atoms with Crippen LogP contribution in [-0.2, 0) is 42.6 Å². The zero-order chi connectivity index (χ0) is 57.2. The van der Waals surface area contributed by atoms with Crippen molar-refractivity contribution in [3.05, 3.63) is 240 Å². The van der Waals surface area contributed by atoms with E-state index in [-0.39, 0.29) is 39.1 Å². The number of benzene rings is 7. The van der Waals surface area contributed by atoms with Crippen molar-refractivity contribution in [2.24, 2.45) is 0 Å². The zero-order valence-electron chi connectivity index (χ0n) is 43.7. The minimum atomic E-state index is -2.05. The van der Waals surface area contributed by atoms with Crippen LogP contribution in [0.3, 0.4) is 0 Å². The fourth-order valence-corrected chi connectivity index (χ4v) is 8.89. The maximum atomic E-state index is 14.6. The maximum Gasteiger partial charge on any atom is 0.338 e. The molecule has 0 radical (unpaired) electrons. The fraction of sp³-hybridized carbons (Fsp3) is 0.238.